The minimum Gasteiger partial charge on any atom is -0.315 e. The highest BCUT2D eigenvalue weighted by atomic mass is 32.2. The Kier molecular flexibility index (Phi) is 8.29. The quantitative estimate of drug-likeness (QED) is 0.642. The van der Waals surface area contributed by atoms with E-state index in [1.54, 1.807) is 0 Å². The van der Waals surface area contributed by atoms with Crippen LogP contribution in [0.25, 0.3) is 0 Å². The maximum atomic E-state index is 3.53. The lowest BCUT2D eigenvalue weighted by Crippen LogP contribution is -2.46. The molecule has 0 saturated carbocycles. The smallest absolute Gasteiger partial charge is 0.0110 e. The van der Waals surface area contributed by atoms with Crippen LogP contribution in [0.5, 0.6) is 0 Å². The van der Waals surface area contributed by atoms with E-state index in [1.807, 2.05) is 11.8 Å². The van der Waals surface area contributed by atoms with Crippen molar-refractivity contribution in [3.05, 3.63) is 0 Å². The van der Waals surface area contributed by atoms with Crippen molar-refractivity contribution in [2.75, 3.05) is 64.4 Å². The molecular formula is C12H27N3S. The zero-order valence-corrected chi connectivity index (χ0v) is 11.7. The normalized spacial score (nSPS) is 19.1. The van der Waals surface area contributed by atoms with Crippen LogP contribution in [0, 0.1) is 0 Å². The summed E-state index contributed by atoms with van der Waals surface area (Å²) in [4.78, 5) is 4.97. The third-order valence-electron chi connectivity index (χ3n) is 3.05. The van der Waals surface area contributed by atoms with Crippen LogP contribution in [0.3, 0.4) is 0 Å². The Balaban J connectivity index is 1.84. The van der Waals surface area contributed by atoms with Crippen LogP contribution in [0.4, 0.5) is 0 Å². The van der Waals surface area contributed by atoms with Gasteiger partial charge in [-0.2, -0.15) is 11.8 Å². The number of thioether (sulfide) groups is 1. The number of likely N-dealkylation sites (N-methyl/N-ethyl adjacent to an activating group) is 1. The van der Waals surface area contributed by atoms with Gasteiger partial charge in [0, 0.05) is 39.3 Å². The van der Waals surface area contributed by atoms with Gasteiger partial charge in [-0.3, -0.25) is 4.90 Å². The highest BCUT2D eigenvalue weighted by Gasteiger charge is 2.12. The van der Waals surface area contributed by atoms with Crippen LogP contribution in [-0.2, 0) is 0 Å². The van der Waals surface area contributed by atoms with E-state index in [2.05, 4.69) is 29.1 Å². The average molecular weight is 245 g/mol. The molecule has 96 valence electrons. The first-order valence-corrected chi connectivity index (χ1v) is 7.67. The Hall–Kier alpha value is 0.230. The van der Waals surface area contributed by atoms with Crippen molar-refractivity contribution < 1.29 is 0 Å². The van der Waals surface area contributed by atoms with Crippen molar-refractivity contribution in [3.8, 4) is 0 Å². The molecule has 0 aromatic heterocycles. The number of nitrogens with zero attached hydrogens (tertiary/aromatic N) is 2. The Labute approximate surface area is 105 Å². The van der Waals surface area contributed by atoms with E-state index in [9.17, 15) is 0 Å². The lowest BCUT2D eigenvalue weighted by Gasteiger charge is -2.32. The molecule has 1 N–H and O–H groups in total. The van der Waals surface area contributed by atoms with Gasteiger partial charge in [0.05, 0.1) is 0 Å². The fourth-order valence-electron chi connectivity index (χ4n) is 1.88. The molecule has 0 aromatic rings. The van der Waals surface area contributed by atoms with Crippen LogP contribution < -0.4 is 5.32 Å². The lowest BCUT2D eigenvalue weighted by molar-refractivity contribution is 0.155. The minimum atomic E-state index is 1.15. The Morgan fingerprint density at radius 2 is 1.88 bits per heavy atom. The molecule has 0 amide bonds. The maximum Gasteiger partial charge on any atom is 0.0110 e. The third kappa shape index (κ3) is 6.74. The molecule has 0 unspecified atom stereocenters. The van der Waals surface area contributed by atoms with Crippen LogP contribution in [-0.4, -0.2) is 74.2 Å². The van der Waals surface area contributed by atoms with Gasteiger partial charge in [0.25, 0.3) is 0 Å². The van der Waals surface area contributed by atoms with Gasteiger partial charge in [0.15, 0.2) is 0 Å². The summed E-state index contributed by atoms with van der Waals surface area (Å²) < 4.78 is 0. The Bertz CT molecular complexity index is 158. The monoisotopic (exact) mass is 245 g/mol. The van der Waals surface area contributed by atoms with Crippen LogP contribution in [0.2, 0.25) is 0 Å². The Morgan fingerprint density at radius 1 is 1.12 bits per heavy atom. The van der Waals surface area contributed by atoms with E-state index in [-0.39, 0.29) is 0 Å². The van der Waals surface area contributed by atoms with Crippen LogP contribution >= 0.6 is 11.8 Å². The van der Waals surface area contributed by atoms with Crippen LogP contribution in [0.15, 0.2) is 0 Å². The van der Waals surface area contributed by atoms with Gasteiger partial charge in [-0.15, -0.1) is 0 Å². The number of hydrogen-bond donors (Lipinski definition) is 1. The summed E-state index contributed by atoms with van der Waals surface area (Å²) in [6, 6.07) is 0. The van der Waals surface area contributed by atoms with Crippen LogP contribution in [0.1, 0.15) is 13.3 Å². The fraction of sp³-hybridized carbons (Fsp3) is 1.00. The predicted molar refractivity (Wildman–Crippen MR) is 74.4 cm³/mol. The van der Waals surface area contributed by atoms with Gasteiger partial charge in [-0.05, 0) is 31.5 Å². The zero-order valence-electron chi connectivity index (χ0n) is 10.9. The standard InChI is InChI=1S/C12H27N3S/c1-3-16-12-4-5-13-6-7-15-10-8-14(2)9-11-15/h13H,3-12H2,1-2H3. The van der Waals surface area contributed by atoms with E-state index in [4.69, 9.17) is 0 Å². The molecule has 1 saturated heterocycles. The second kappa shape index (κ2) is 9.28. The van der Waals surface area contributed by atoms with E-state index in [0.717, 1.165) is 6.54 Å². The minimum absolute atomic E-state index is 1.15. The molecule has 0 aliphatic carbocycles. The molecule has 0 radical (unpaired) electrons. The van der Waals surface area contributed by atoms with E-state index in [0.29, 0.717) is 0 Å². The summed E-state index contributed by atoms with van der Waals surface area (Å²) in [6.07, 6.45) is 1.31. The van der Waals surface area contributed by atoms with Gasteiger partial charge in [-0.1, -0.05) is 6.92 Å². The summed E-state index contributed by atoms with van der Waals surface area (Å²) >= 11 is 2.04. The molecule has 16 heavy (non-hydrogen) atoms. The van der Waals surface area contributed by atoms with Crippen molar-refractivity contribution >= 4 is 11.8 Å². The molecule has 1 fully saturated rings. The first-order chi connectivity index (χ1) is 7.83. The molecule has 0 spiro atoms. The summed E-state index contributed by atoms with van der Waals surface area (Å²) in [5, 5.41) is 3.53. The first kappa shape index (κ1) is 14.3. The summed E-state index contributed by atoms with van der Waals surface area (Å²) in [5.41, 5.74) is 0. The van der Waals surface area contributed by atoms with Crippen molar-refractivity contribution in [2.45, 2.75) is 13.3 Å². The molecule has 0 aromatic carbocycles. The van der Waals surface area contributed by atoms with Gasteiger partial charge in [-0.25, -0.2) is 0 Å². The molecule has 4 heteroatoms. The van der Waals surface area contributed by atoms with Crippen molar-refractivity contribution in [2.24, 2.45) is 0 Å². The van der Waals surface area contributed by atoms with Gasteiger partial charge in [0.2, 0.25) is 0 Å². The second-order valence-corrected chi connectivity index (χ2v) is 5.84. The van der Waals surface area contributed by atoms with Crippen molar-refractivity contribution in [1.82, 2.24) is 15.1 Å². The first-order valence-electron chi connectivity index (χ1n) is 6.52. The fourth-order valence-corrected chi connectivity index (χ4v) is 2.51. The Morgan fingerprint density at radius 3 is 2.56 bits per heavy atom. The molecular weight excluding hydrogens is 218 g/mol. The molecule has 0 bridgehead atoms. The predicted octanol–water partition coefficient (Wildman–Crippen LogP) is 0.967. The van der Waals surface area contributed by atoms with Gasteiger partial charge < -0.3 is 10.2 Å². The SMILES string of the molecule is CCSCCCNCCN1CCN(C)CC1. The summed E-state index contributed by atoms with van der Waals surface area (Å²) in [5.74, 6) is 2.55. The molecule has 0 atom stereocenters. The summed E-state index contributed by atoms with van der Waals surface area (Å²) in [7, 11) is 2.21. The van der Waals surface area contributed by atoms with E-state index < -0.39 is 0 Å². The van der Waals surface area contributed by atoms with Gasteiger partial charge >= 0.3 is 0 Å². The molecule has 1 aliphatic rings. The van der Waals surface area contributed by atoms with E-state index >= 15 is 0 Å². The molecule has 1 heterocycles. The molecule has 1 rings (SSSR count). The third-order valence-corrected chi connectivity index (χ3v) is 4.03. The van der Waals surface area contributed by atoms with E-state index in [1.165, 1.54) is 57.2 Å². The number of piperazine rings is 1. The molecule has 1 aliphatic heterocycles. The highest BCUT2D eigenvalue weighted by Crippen LogP contribution is 2.00. The molecule has 3 nitrogen and oxygen atoms in total. The average Bonchev–Trinajstić information content (AvgIpc) is 2.30. The topological polar surface area (TPSA) is 18.5 Å². The highest BCUT2D eigenvalue weighted by molar-refractivity contribution is 7.99. The number of nitrogens with one attached hydrogen (secondary N) is 1. The van der Waals surface area contributed by atoms with Crippen molar-refractivity contribution in [3.63, 3.8) is 0 Å². The number of hydrogen-bond acceptors (Lipinski definition) is 4. The maximum absolute atomic E-state index is 3.53. The zero-order chi connectivity index (χ0) is 11.6. The largest absolute Gasteiger partial charge is 0.315 e. The lowest BCUT2D eigenvalue weighted by atomic mass is 10.3. The number of rotatable bonds is 8. The van der Waals surface area contributed by atoms with Crippen molar-refractivity contribution in [1.29, 1.82) is 0 Å². The second-order valence-electron chi connectivity index (χ2n) is 4.45. The van der Waals surface area contributed by atoms with Gasteiger partial charge in [0.1, 0.15) is 0 Å². The summed E-state index contributed by atoms with van der Waals surface area (Å²) in [6.45, 7) is 10.7.